The maximum absolute atomic E-state index is 12.3. The molecular formula is C22H32IN3O2S2. The highest BCUT2D eigenvalue weighted by Crippen LogP contribution is 2.22. The SMILES string of the molecule is CCNC(=NCC(C)Sc1ccccc1)NCCCS(=O)(=O)Cc1ccccc1.I. The normalized spacial score (nSPS) is 12.7. The number of hydrogen-bond donors (Lipinski definition) is 2. The molecule has 0 aliphatic rings. The van der Waals surface area contributed by atoms with E-state index in [2.05, 4.69) is 34.7 Å². The smallest absolute Gasteiger partial charge is 0.191 e. The fourth-order valence-electron chi connectivity index (χ4n) is 2.73. The first kappa shape index (κ1) is 26.8. The van der Waals surface area contributed by atoms with E-state index in [0.29, 0.717) is 24.8 Å². The van der Waals surface area contributed by atoms with Crippen molar-refractivity contribution in [2.75, 3.05) is 25.4 Å². The Morgan fingerprint density at radius 3 is 2.30 bits per heavy atom. The van der Waals surface area contributed by atoms with E-state index in [9.17, 15) is 8.42 Å². The number of hydrogen-bond acceptors (Lipinski definition) is 4. The number of halogens is 1. The van der Waals surface area contributed by atoms with Gasteiger partial charge in [-0.25, -0.2) is 8.42 Å². The van der Waals surface area contributed by atoms with E-state index in [0.717, 1.165) is 18.1 Å². The van der Waals surface area contributed by atoms with Crippen molar-refractivity contribution in [2.45, 2.75) is 36.2 Å². The van der Waals surface area contributed by atoms with Crippen LogP contribution in [0.2, 0.25) is 0 Å². The van der Waals surface area contributed by atoms with Crippen molar-refractivity contribution in [1.29, 1.82) is 0 Å². The first-order valence-corrected chi connectivity index (χ1v) is 12.7. The summed E-state index contributed by atoms with van der Waals surface area (Å²) in [6, 6.07) is 19.6. The summed E-state index contributed by atoms with van der Waals surface area (Å²) in [5, 5.41) is 6.81. The highest BCUT2D eigenvalue weighted by molar-refractivity contribution is 14.0. The van der Waals surface area contributed by atoms with E-state index in [1.807, 2.05) is 55.5 Å². The number of guanidine groups is 1. The second-order valence-electron chi connectivity index (χ2n) is 6.82. The summed E-state index contributed by atoms with van der Waals surface area (Å²) in [5.74, 6) is 0.985. The van der Waals surface area contributed by atoms with Crippen molar-refractivity contribution in [3.05, 3.63) is 66.2 Å². The minimum atomic E-state index is -3.11. The topological polar surface area (TPSA) is 70.6 Å². The van der Waals surface area contributed by atoms with E-state index >= 15 is 0 Å². The molecule has 0 aliphatic carbocycles. The van der Waals surface area contributed by atoms with E-state index < -0.39 is 9.84 Å². The summed E-state index contributed by atoms with van der Waals surface area (Å²) in [7, 11) is -3.11. The fraction of sp³-hybridized carbons (Fsp3) is 0.409. The second-order valence-corrected chi connectivity index (χ2v) is 10.5. The van der Waals surface area contributed by atoms with Crippen molar-refractivity contribution < 1.29 is 8.42 Å². The molecule has 2 rings (SSSR count). The van der Waals surface area contributed by atoms with Crippen LogP contribution in [-0.2, 0) is 15.6 Å². The molecular weight excluding hydrogens is 529 g/mol. The number of aliphatic imine (C=N–C) groups is 1. The van der Waals surface area contributed by atoms with Gasteiger partial charge >= 0.3 is 0 Å². The van der Waals surface area contributed by atoms with Crippen LogP contribution in [0.25, 0.3) is 0 Å². The number of rotatable bonds is 11. The zero-order chi connectivity index (χ0) is 21.0. The van der Waals surface area contributed by atoms with Gasteiger partial charge in [-0.05, 0) is 31.0 Å². The summed E-state index contributed by atoms with van der Waals surface area (Å²) in [6.45, 7) is 6.18. The molecule has 8 heteroatoms. The summed E-state index contributed by atoms with van der Waals surface area (Å²) in [5.41, 5.74) is 0.834. The van der Waals surface area contributed by atoms with Gasteiger partial charge in [-0.1, -0.05) is 55.5 Å². The Kier molecular flexibility index (Phi) is 13.1. The van der Waals surface area contributed by atoms with E-state index in [1.54, 1.807) is 11.8 Å². The van der Waals surface area contributed by atoms with Gasteiger partial charge in [-0.15, -0.1) is 35.7 Å². The number of benzene rings is 2. The molecule has 2 N–H and O–H groups in total. The molecule has 0 radical (unpaired) electrons. The quantitative estimate of drug-likeness (QED) is 0.140. The summed E-state index contributed by atoms with van der Waals surface area (Å²) in [6.07, 6.45) is 0.550. The Balaban J connectivity index is 0.00000450. The van der Waals surface area contributed by atoms with E-state index in [1.165, 1.54) is 4.90 Å². The molecule has 5 nitrogen and oxygen atoms in total. The highest BCUT2D eigenvalue weighted by Gasteiger charge is 2.11. The van der Waals surface area contributed by atoms with Gasteiger partial charge in [0.15, 0.2) is 15.8 Å². The number of thioether (sulfide) groups is 1. The number of sulfone groups is 1. The fourth-order valence-corrected chi connectivity index (χ4v) is 5.09. The lowest BCUT2D eigenvalue weighted by atomic mass is 10.2. The standard InChI is InChI=1S/C22H31N3O2S2.HI/c1-3-23-22(25-17-19(2)28-21-13-8-5-9-14-21)24-15-10-16-29(26,27)18-20-11-6-4-7-12-20;/h4-9,11-14,19H,3,10,15-18H2,1-2H3,(H2,23,24,25);1H. The van der Waals surface area contributed by atoms with Crippen LogP contribution in [0.5, 0.6) is 0 Å². The van der Waals surface area contributed by atoms with Gasteiger partial charge < -0.3 is 10.6 Å². The molecule has 0 saturated carbocycles. The van der Waals surface area contributed by atoms with E-state index in [-0.39, 0.29) is 35.5 Å². The molecule has 2 aromatic carbocycles. The minimum absolute atomic E-state index is 0. The van der Waals surface area contributed by atoms with Gasteiger partial charge in [-0.3, -0.25) is 4.99 Å². The minimum Gasteiger partial charge on any atom is -0.357 e. The van der Waals surface area contributed by atoms with Gasteiger partial charge in [0.05, 0.1) is 18.1 Å². The molecule has 166 valence electrons. The van der Waals surface area contributed by atoms with Gasteiger partial charge in [0.25, 0.3) is 0 Å². The third-order valence-corrected chi connectivity index (χ3v) is 6.86. The Morgan fingerprint density at radius 2 is 1.67 bits per heavy atom. The second kappa shape index (κ2) is 14.7. The van der Waals surface area contributed by atoms with Crippen molar-refractivity contribution in [3.8, 4) is 0 Å². The monoisotopic (exact) mass is 561 g/mol. The van der Waals surface area contributed by atoms with Crippen molar-refractivity contribution >= 4 is 51.5 Å². The van der Waals surface area contributed by atoms with Crippen molar-refractivity contribution in [3.63, 3.8) is 0 Å². The molecule has 0 bridgehead atoms. The lowest BCUT2D eigenvalue weighted by Gasteiger charge is -2.13. The maximum atomic E-state index is 12.3. The molecule has 30 heavy (non-hydrogen) atoms. The highest BCUT2D eigenvalue weighted by atomic mass is 127. The van der Waals surface area contributed by atoms with Crippen LogP contribution in [-0.4, -0.2) is 45.0 Å². The van der Waals surface area contributed by atoms with Crippen LogP contribution in [0.4, 0.5) is 0 Å². The van der Waals surface area contributed by atoms with Crippen LogP contribution < -0.4 is 10.6 Å². The van der Waals surface area contributed by atoms with E-state index in [4.69, 9.17) is 0 Å². The third-order valence-electron chi connectivity index (χ3n) is 4.09. The molecule has 0 saturated heterocycles. The first-order valence-electron chi connectivity index (χ1n) is 9.97. The van der Waals surface area contributed by atoms with Crippen LogP contribution in [0, 0.1) is 0 Å². The van der Waals surface area contributed by atoms with Gasteiger partial charge in [0.2, 0.25) is 0 Å². The lowest BCUT2D eigenvalue weighted by Crippen LogP contribution is -2.38. The molecule has 1 atom stereocenters. The van der Waals surface area contributed by atoms with Gasteiger partial charge in [0.1, 0.15) is 0 Å². The predicted molar refractivity (Wildman–Crippen MR) is 140 cm³/mol. The molecule has 0 spiro atoms. The van der Waals surface area contributed by atoms with Crippen LogP contribution in [0.1, 0.15) is 25.8 Å². The summed E-state index contributed by atoms with van der Waals surface area (Å²) < 4.78 is 24.6. The molecule has 0 aliphatic heterocycles. The third kappa shape index (κ3) is 11.2. The van der Waals surface area contributed by atoms with Crippen LogP contribution >= 0.6 is 35.7 Å². The van der Waals surface area contributed by atoms with Crippen molar-refractivity contribution in [1.82, 2.24) is 10.6 Å². The summed E-state index contributed by atoms with van der Waals surface area (Å²) >= 11 is 1.79. The van der Waals surface area contributed by atoms with Crippen LogP contribution in [0.3, 0.4) is 0 Å². The molecule has 1 unspecified atom stereocenters. The zero-order valence-electron chi connectivity index (χ0n) is 17.6. The average molecular weight is 562 g/mol. The molecule has 0 amide bonds. The summed E-state index contributed by atoms with van der Waals surface area (Å²) in [4.78, 5) is 5.87. The predicted octanol–water partition coefficient (Wildman–Crippen LogP) is 4.35. The molecule has 0 heterocycles. The maximum Gasteiger partial charge on any atom is 0.191 e. The zero-order valence-corrected chi connectivity index (χ0v) is 21.5. The number of nitrogens with zero attached hydrogens (tertiary/aromatic N) is 1. The lowest BCUT2D eigenvalue weighted by molar-refractivity contribution is 0.591. The molecule has 0 fully saturated rings. The van der Waals surface area contributed by atoms with Gasteiger partial charge in [-0.2, -0.15) is 0 Å². The largest absolute Gasteiger partial charge is 0.357 e. The molecule has 2 aromatic rings. The molecule has 0 aromatic heterocycles. The Morgan fingerprint density at radius 1 is 1.03 bits per heavy atom. The Labute approximate surface area is 202 Å². The Hall–Kier alpha value is -1.26. The number of nitrogens with one attached hydrogen (secondary N) is 2. The average Bonchev–Trinajstić information content (AvgIpc) is 2.70. The Bertz CT molecular complexity index is 847. The van der Waals surface area contributed by atoms with Gasteiger partial charge in [0, 0.05) is 23.2 Å². The first-order chi connectivity index (χ1) is 14.0. The van der Waals surface area contributed by atoms with Crippen LogP contribution in [0.15, 0.2) is 70.6 Å². The van der Waals surface area contributed by atoms with Crippen molar-refractivity contribution in [2.24, 2.45) is 4.99 Å².